The number of ether oxygens (including phenoxy) is 1. The van der Waals surface area contributed by atoms with Crippen molar-refractivity contribution < 1.29 is 13.9 Å². The fourth-order valence-corrected chi connectivity index (χ4v) is 1.40. The summed E-state index contributed by atoms with van der Waals surface area (Å²) in [4.78, 5) is 11.3. The molecular weight excluding hydrogens is 235 g/mol. The Kier molecular flexibility index (Phi) is 6.14. The second-order valence-corrected chi connectivity index (χ2v) is 4.08. The number of nitrogens with two attached hydrogens (primary N) is 1. The van der Waals surface area contributed by atoms with Gasteiger partial charge in [-0.15, -0.1) is 0 Å². The Bertz CT molecular complexity index is 368. The number of carbonyl (C=O) groups is 1. The van der Waals surface area contributed by atoms with Crippen LogP contribution in [0.4, 0.5) is 4.39 Å². The van der Waals surface area contributed by atoms with Crippen molar-refractivity contribution >= 4 is 5.91 Å². The molecular formula is C13H19FN2O2. The van der Waals surface area contributed by atoms with Crippen LogP contribution in [0, 0.1) is 5.82 Å². The first-order chi connectivity index (χ1) is 8.61. The van der Waals surface area contributed by atoms with Crippen LogP contribution in [-0.4, -0.2) is 25.1 Å². The molecule has 0 saturated heterocycles. The average Bonchev–Trinajstić information content (AvgIpc) is 2.36. The fourth-order valence-electron chi connectivity index (χ4n) is 1.40. The van der Waals surface area contributed by atoms with Crippen LogP contribution in [0.25, 0.3) is 0 Å². The van der Waals surface area contributed by atoms with E-state index in [2.05, 4.69) is 5.32 Å². The van der Waals surface area contributed by atoms with Gasteiger partial charge in [-0.1, -0.05) is 0 Å². The monoisotopic (exact) mass is 254 g/mol. The van der Waals surface area contributed by atoms with E-state index in [-0.39, 0.29) is 17.8 Å². The molecule has 1 rings (SSSR count). The SMILES string of the molecule is CC(CNC(=O)CCCN)Oc1ccc(F)cc1. The summed E-state index contributed by atoms with van der Waals surface area (Å²) >= 11 is 0. The molecule has 0 aliphatic carbocycles. The van der Waals surface area contributed by atoms with Gasteiger partial charge in [-0.25, -0.2) is 4.39 Å². The van der Waals surface area contributed by atoms with E-state index in [1.54, 1.807) is 12.1 Å². The van der Waals surface area contributed by atoms with Crippen LogP contribution < -0.4 is 15.8 Å². The molecule has 0 bridgehead atoms. The van der Waals surface area contributed by atoms with Crippen molar-refractivity contribution in [1.29, 1.82) is 0 Å². The molecule has 3 N–H and O–H groups in total. The van der Waals surface area contributed by atoms with E-state index in [1.165, 1.54) is 12.1 Å². The Morgan fingerprint density at radius 1 is 1.44 bits per heavy atom. The third-order valence-corrected chi connectivity index (χ3v) is 2.35. The molecule has 4 nitrogen and oxygen atoms in total. The topological polar surface area (TPSA) is 64.4 Å². The predicted molar refractivity (Wildman–Crippen MR) is 67.8 cm³/mol. The summed E-state index contributed by atoms with van der Waals surface area (Å²) in [6, 6.07) is 5.79. The molecule has 5 heteroatoms. The zero-order valence-corrected chi connectivity index (χ0v) is 10.5. The van der Waals surface area contributed by atoms with E-state index in [1.807, 2.05) is 6.92 Å². The maximum Gasteiger partial charge on any atom is 0.220 e. The van der Waals surface area contributed by atoms with E-state index in [0.717, 1.165) is 0 Å². The van der Waals surface area contributed by atoms with Crippen molar-refractivity contribution in [3.05, 3.63) is 30.1 Å². The van der Waals surface area contributed by atoms with Crippen LogP contribution >= 0.6 is 0 Å². The van der Waals surface area contributed by atoms with E-state index >= 15 is 0 Å². The zero-order chi connectivity index (χ0) is 13.4. The lowest BCUT2D eigenvalue weighted by atomic mass is 10.3. The van der Waals surface area contributed by atoms with Gasteiger partial charge in [-0.2, -0.15) is 0 Å². The summed E-state index contributed by atoms with van der Waals surface area (Å²) in [6.45, 7) is 2.77. The van der Waals surface area contributed by atoms with Gasteiger partial charge in [0.05, 0.1) is 6.54 Å². The molecule has 1 amide bonds. The third kappa shape index (κ3) is 5.63. The summed E-state index contributed by atoms with van der Waals surface area (Å²) in [5.74, 6) is 0.250. The van der Waals surface area contributed by atoms with Crippen LogP contribution in [0.2, 0.25) is 0 Å². The van der Waals surface area contributed by atoms with Crippen LogP contribution in [0.3, 0.4) is 0 Å². The highest BCUT2D eigenvalue weighted by Crippen LogP contribution is 2.12. The molecule has 1 atom stereocenters. The molecule has 0 fully saturated rings. The molecule has 1 unspecified atom stereocenters. The van der Waals surface area contributed by atoms with Gasteiger partial charge in [-0.05, 0) is 44.2 Å². The summed E-state index contributed by atoms with van der Waals surface area (Å²) in [5, 5.41) is 2.76. The highest BCUT2D eigenvalue weighted by Gasteiger charge is 2.06. The normalized spacial score (nSPS) is 11.9. The van der Waals surface area contributed by atoms with Crippen LogP contribution in [0.5, 0.6) is 5.75 Å². The van der Waals surface area contributed by atoms with Gasteiger partial charge in [0.2, 0.25) is 5.91 Å². The summed E-state index contributed by atoms with van der Waals surface area (Å²) in [7, 11) is 0. The second kappa shape index (κ2) is 7.66. The number of carbonyl (C=O) groups excluding carboxylic acids is 1. The second-order valence-electron chi connectivity index (χ2n) is 4.08. The number of benzene rings is 1. The van der Waals surface area contributed by atoms with Crippen molar-refractivity contribution in [3.63, 3.8) is 0 Å². The van der Waals surface area contributed by atoms with E-state index in [4.69, 9.17) is 10.5 Å². The molecule has 0 heterocycles. The largest absolute Gasteiger partial charge is 0.489 e. The standard InChI is InChI=1S/C13H19FN2O2/c1-10(9-16-13(17)3-2-8-15)18-12-6-4-11(14)5-7-12/h4-7,10H,2-3,8-9,15H2,1H3,(H,16,17). The van der Waals surface area contributed by atoms with Gasteiger partial charge in [-0.3, -0.25) is 4.79 Å². The van der Waals surface area contributed by atoms with E-state index in [9.17, 15) is 9.18 Å². The first kappa shape index (κ1) is 14.4. The number of nitrogens with one attached hydrogen (secondary N) is 1. The van der Waals surface area contributed by atoms with Crippen LogP contribution in [-0.2, 0) is 4.79 Å². The van der Waals surface area contributed by atoms with Crippen molar-refractivity contribution in [1.82, 2.24) is 5.32 Å². The number of amides is 1. The van der Waals surface area contributed by atoms with Crippen molar-refractivity contribution in [2.45, 2.75) is 25.9 Å². The van der Waals surface area contributed by atoms with E-state index < -0.39 is 0 Å². The number of halogens is 1. The van der Waals surface area contributed by atoms with Crippen molar-refractivity contribution in [2.75, 3.05) is 13.1 Å². The van der Waals surface area contributed by atoms with Crippen LogP contribution in [0.1, 0.15) is 19.8 Å². The lowest BCUT2D eigenvalue weighted by molar-refractivity contribution is -0.121. The van der Waals surface area contributed by atoms with Gasteiger partial charge in [0.15, 0.2) is 0 Å². The van der Waals surface area contributed by atoms with Gasteiger partial charge in [0.25, 0.3) is 0 Å². The predicted octanol–water partition coefficient (Wildman–Crippen LogP) is 1.45. The first-order valence-corrected chi connectivity index (χ1v) is 6.01. The van der Waals surface area contributed by atoms with Gasteiger partial charge >= 0.3 is 0 Å². The minimum atomic E-state index is -0.301. The molecule has 0 aromatic heterocycles. The molecule has 1 aromatic rings. The average molecular weight is 254 g/mol. The highest BCUT2D eigenvalue weighted by atomic mass is 19.1. The quantitative estimate of drug-likeness (QED) is 0.774. The molecule has 18 heavy (non-hydrogen) atoms. The third-order valence-electron chi connectivity index (χ3n) is 2.35. The lowest BCUT2D eigenvalue weighted by Crippen LogP contribution is -2.33. The van der Waals surface area contributed by atoms with Gasteiger partial charge < -0.3 is 15.8 Å². The Balaban J connectivity index is 2.27. The minimum Gasteiger partial charge on any atom is -0.489 e. The lowest BCUT2D eigenvalue weighted by Gasteiger charge is -2.15. The molecule has 0 saturated carbocycles. The number of hydrogen-bond donors (Lipinski definition) is 2. The maximum absolute atomic E-state index is 12.7. The number of hydrogen-bond acceptors (Lipinski definition) is 3. The molecule has 0 aliphatic heterocycles. The number of rotatable bonds is 7. The summed E-state index contributed by atoms with van der Waals surface area (Å²) in [6.07, 6.45) is 0.941. The van der Waals surface area contributed by atoms with Crippen LogP contribution in [0.15, 0.2) is 24.3 Å². The maximum atomic E-state index is 12.7. The Morgan fingerprint density at radius 2 is 2.11 bits per heavy atom. The van der Waals surface area contributed by atoms with Crippen molar-refractivity contribution in [3.8, 4) is 5.75 Å². The Morgan fingerprint density at radius 3 is 2.72 bits per heavy atom. The Hall–Kier alpha value is -1.62. The van der Waals surface area contributed by atoms with Crippen molar-refractivity contribution in [2.24, 2.45) is 5.73 Å². The summed E-state index contributed by atoms with van der Waals surface area (Å²) in [5.41, 5.74) is 5.31. The van der Waals surface area contributed by atoms with Gasteiger partial charge in [0.1, 0.15) is 17.7 Å². The van der Waals surface area contributed by atoms with E-state index in [0.29, 0.717) is 31.7 Å². The first-order valence-electron chi connectivity index (χ1n) is 6.01. The Labute approximate surface area is 106 Å². The fraction of sp³-hybridized carbons (Fsp3) is 0.462. The highest BCUT2D eigenvalue weighted by molar-refractivity contribution is 5.75. The molecule has 1 aromatic carbocycles. The molecule has 100 valence electrons. The molecule has 0 spiro atoms. The molecule has 0 aliphatic rings. The van der Waals surface area contributed by atoms with Gasteiger partial charge in [0, 0.05) is 6.42 Å². The minimum absolute atomic E-state index is 0.0324. The summed E-state index contributed by atoms with van der Waals surface area (Å²) < 4.78 is 18.2. The smallest absolute Gasteiger partial charge is 0.220 e. The zero-order valence-electron chi connectivity index (χ0n) is 10.5. The molecule has 0 radical (unpaired) electrons.